The van der Waals surface area contributed by atoms with Gasteiger partial charge in [-0.05, 0) is 36.4 Å². The first kappa shape index (κ1) is 12.6. The van der Waals surface area contributed by atoms with Gasteiger partial charge in [-0.25, -0.2) is 0 Å². The largest absolute Gasteiger partial charge is 0.331 e. The second kappa shape index (κ2) is 4.70. The molecule has 2 aromatic heterocycles. The predicted octanol–water partition coefficient (Wildman–Crippen LogP) is 3.38. The molecule has 0 aliphatic carbocycles. The smallest absolute Gasteiger partial charge is 0.256 e. The van der Waals surface area contributed by atoms with E-state index < -0.39 is 0 Å². The lowest BCUT2D eigenvalue weighted by molar-refractivity contribution is 0.0681. The summed E-state index contributed by atoms with van der Waals surface area (Å²) >= 11 is 1.79. The van der Waals surface area contributed by atoms with Crippen molar-refractivity contribution < 1.29 is 4.79 Å². The van der Waals surface area contributed by atoms with Crippen LogP contribution in [0, 0.1) is 0 Å². The van der Waals surface area contributed by atoms with Crippen LogP contribution in [0.25, 0.3) is 10.9 Å². The number of carbonyl (C=O) groups is 1. The first-order valence-electron chi connectivity index (χ1n) is 7.05. The van der Waals surface area contributed by atoms with Crippen molar-refractivity contribution >= 4 is 28.1 Å². The monoisotopic (exact) mass is 297 g/mol. The van der Waals surface area contributed by atoms with Gasteiger partial charge in [-0.15, -0.1) is 11.3 Å². The van der Waals surface area contributed by atoms with Gasteiger partial charge < -0.3 is 4.90 Å². The molecule has 4 nitrogen and oxygen atoms in total. The standard InChI is InChI=1S/C16H15N3OS/c1-10-12-6-8-21-14(12)5-7-19(10)16(20)13-4-2-3-11-9-17-18-15(11)13/h2-4,6,8-10H,5,7H2,1H3,(H,17,18). The summed E-state index contributed by atoms with van der Waals surface area (Å²) in [7, 11) is 0. The first-order chi connectivity index (χ1) is 10.3. The fourth-order valence-electron chi connectivity index (χ4n) is 3.09. The molecular weight excluding hydrogens is 282 g/mol. The van der Waals surface area contributed by atoms with E-state index in [9.17, 15) is 4.79 Å². The van der Waals surface area contributed by atoms with Gasteiger partial charge in [-0.2, -0.15) is 5.10 Å². The van der Waals surface area contributed by atoms with Crippen LogP contribution >= 0.6 is 11.3 Å². The van der Waals surface area contributed by atoms with E-state index in [0.29, 0.717) is 5.56 Å². The topological polar surface area (TPSA) is 49.0 Å². The van der Waals surface area contributed by atoms with Crippen molar-refractivity contribution in [2.24, 2.45) is 0 Å². The van der Waals surface area contributed by atoms with Gasteiger partial charge in [0.2, 0.25) is 0 Å². The van der Waals surface area contributed by atoms with Gasteiger partial charge in [-0.1, -0.05) is 12.1 Å². The number of hydrogen-bond acceptors (Lipinski definition) is 3. The maximum absolute atomic E-state index is 12.9. The summed E-state index contributed by atoms with van der Waals surface area (Å²) in [6.45, 7) is 2.88. The molecule has 3 aromatic rings. The number of fused-ring (bicyclic) bond motifs is 2. The van der Waals surface area contributed by atoms with Crippen molar-refractivity contribution in [2.75, 3.05) is 6.54 Å². The average molecular weight is 297 g/mol. The minimum atomic E-state index is 0.0780. The van der Waals surface area contributed by atoms with Gasteiger partial charge in [0.15, 0.2) is 0 Å². The van der Waals surface area contributed by atoms with Crippen molar-refractivity contribution in [1.29, 1.82) is 0 Å². The third-order valence-corrected chi connectivity index (χ3v) is 5.24. The number of aromatic amines is 1. The highest BCUT2D eigenvalue weighted by molar-refractivity contribution is 7.10. The SMILES string of the molecule is CC1c2ccsc2CCN1C(=O)c1cccc2cn[nH]c12. The van der Waals surface area contributed by atoms with E-state index >= 15 is 0 Å². The molecule has 0 fully saturated rings. The Morgan fingerprint density at radius 1 is 1.43 bits per heavy atom. The van der Waals surface area contributed by atoms with Crippen LogP contribution in [0.15, 0.2) is 35.8 Å². The van der Waals surface area contributed by atoms with Gasteiger partial charge in [0.05, 0.1) is 23.3 Å². The number of aromatic nitrogens is 2. The zero-order valence-electron chi connectivity index (χ0n) is 11.7. The Morgan fingerprint density at radius 3 is 3.24 bits per heavy atom. The summed E-state index contributed by atoms with van der Waals surface area (Å²) in [5.74, 6) is 0.0780. The van der Waals surface area contributed by atoms with Gasteiger partial charge in [0.25, 0.3) is 5.91 Å². The molecule has 1 atom stereocenters. The van der Waals surface area contributed by atoms with Gasteiger partial charge in [0, 0.05) is 16.8 Å². The van der Waals surface area contributed by atoms with Crippen molar-refractivity contribution in [3.05, 3.63) is 51.8 Å². The van der Waals surface area contributed by atoms with Crippen LogP contribution in [0.5, 0.6) is 0 Å². The molecule has 1 amide bonds. The molecular formula is C16H15N3OS. The number of rotatable bonds is 1. The van der Waals surface area contributed by atoms with Crippen LogP contribution in [0.3, 0.4) is 0 Å². The molecule has 5 heteroatoms. The third kappa shape index (κ3) is 1.88. The van der Waals surface area contributed by atoms with Crippen LogP contribution in [-0.2, 0) is 6.42 Å². The Hall–Kier alpha value is -2.14. The van der Waals surface area contributed by atoms with Crippen molar-refractivity contribution in [2.45, 2.75) is 19.4 Å². The number of nitrogens with one attached hydrogen (secondary N) is 1. The van der Waals surface area contributed by atoms with Gasteiger partial charge in [0.1, 0.15) is 0 Å². The normalized spacial score (nSPS) is 18.0. The van der Waals surface area contributed by atoms with E-state index in [-0.39, 0.29) is 11.9 Å². The van der Waals surface area contributed by atoms with E-state index in [1.165, 1.54) is 10.4 Å². The Labute approximate surface area is 126 Å². The van der Waals surface area contributed by atoms with Crippen molar-refractivity contribution in [1.82, 2.24) is 15.1 Å². The summed E-state index contributed by atoms with van der Waals surface area (Å²) in [6, 6.07) is 8.02. The Balaban J connectivity index is 1.74. The fraction of sp³-hybridized carbons (Fsp3) is 0.250. The molecule has 0 radical (unpaired) electrons. The Kier molecular flexibility index (Phi) is 2.82. The van der Waals surface area contributed by atoms with E-state index in [0.717, 1.165) is 23.9 Å². The highest BCUT2D eigenvalue weighted by Crippen LogP contribution is 2.34. The summed E-state index contributed by atoms with van der Waals surface area (Å²) < 4.78 is 0. The highest BCUT2D eigenvalue weighted by Gasteiger charge is 2.29. The molecule has 3 heterocycles. The van der Waals surface area contributed by atoms with E-state index in [1.807, 2.05) is 23.1 Å². The number of nitrogens with zero attached hydrogens (tertiary/aromatic N) is 2. The summed E-state index contributed by atoms with van der Waals surface area (Å²) in [4.78, 5) is 16.3. The van der Waals surface area contributed by atoms with Crippen LogP contribution in [0.1, 0.15) is 33.8 Å². The number of H-pyrrole nitrogens is 1. The maximum atomic E-state index is 12.9. The zero-order valence-corrected chi connectivity index (χ0v) is 12.5. The van der Waals surface area contributed by atoms with Crippen LogP contribution in [0.4, 0.5) is 0 Å². The second-order valence-corrected chi connectivity index (χ2v) is 6.36. The predicted molar refractivity (Wildman–Crippen MR) is 83.6 cm³/mol. The molecule has 0 spiro atoms. The molecule has 0 bridgehead atoms. The van der Waals surface area contributed by atoms with Gasteiger partial charge in [-0.3, -0.25) is 9.89 Å². The lowest BCUT2D eigenvalue weighted by Crippen LogP contribution is -2.38. The molecule has 4 rings (SSSR count). The number of hydrogen-bond donors (Lipinski definition) is 1. The molecule has 106 valence electrons. The number of thiophene rings is 1. The lowest BCUT2D eigenvalue weighted by atomic mass is 10.00. The molecule has 1 aliphatic rings. The van der Waals surface area contributed by atoms with Crippen LogP contribution in [-0.4, -0.2) is 27.5 Å². The minimum absolute atomic E-state index is 0.0780. The average Bonchev–Trinajstić information content (AvgIpc) is 3.15. The van der Waals surface area contributed by atoms with Crippen molar-refractivity contribution in [3.63, 3.8) is 0 Å². The minimum Gasteiger partial charge on any atom is -0.331 e. The number of para-hydroxylation sites is 1. The Morgan fingerprint density at radius 2 is 2.33 bits per heavy atom. The maximum Gasteiger partial charge on any atom is 0.256 e. The van der Waals surface area contributed by atoms with E-state index in [1.54, 1.807) is 17.5 Å². The molecule has 0 saturated heterocycles. The lowest BCUT2D eigenvalue weighted by Gasteiger charge is -2.33. The number of carbonyl (C=O) groups excluding carboxylic acids is 1. The fourth-order valence-corrected chi connectivity index (χ4v) is 4.05. The highest BCUT2D eigenvalue weighted by atomic mass is 32.1. The molecule has 1 aromatic carbocycles. The summed E-state index contributed by atoms with van der Waals surface area (Å²) in [5.41, 5.74) is 2.82. The van der Waals surface area contributed by atoms with Crippen LogP contribution < -0.4 is 0 Å². The van der Waals surface area contributed by atoms with E-state index in [4.69, 9.17) is 0 Å². The Bertz CT molecular complexity index is 820. The van der Waals surface area contributed by atoms with Gasteiger partial charge >= 0.3 is 0 Å². The molecule has 1 aliphatic heterocycles. The molecule has 1 unspecified atom stereocenters. The number of amides is 1. The van der Waals surface area contributed by atoms with Crippen LogP contribution in [0.2, 0.25) is 0 Å². The quantitative estimate of drug-likeness (QED) is 0.748. The number of benzene rings is 1. The van der Waals surface area contributed by atoms with Crippen molar-refractivity contribution in [3.8, 4) is 0 Å². The second-order valence-electron chi connectivity index (χ2n) is 5.36. The van der Waals surface area contributed by atoms with E-state index in [2.05, 4.69) is 28.6 Å². The molecule has 21 heavy (non-hydrogen) atoms. The third-order valence-electron chi connectivity index (χ3n) is 4.25. The summed E-state index contributed by atoms with van der Waals surface area (Å²) in [5, 5.41) is 10.1. The molecule has 0 saturated carbocycles. The zero-order chi connectivity index (χ0) is 14.4. The first-order valence-corrected chi connectivity index (χ1v) is 7.93. The molecule has 1 N–H and O–H groups in total. The summed E-state index contributed by atoms with van der Waals surface area (Å²) in [6.07, 6.45) is 2.70.